The monoisotopic (exact) mass is 394 g/mol. The first-order chi connectivity index (χ1) is 14.2. The second-order valence-electron chi connectivity index (χ2n) is 6.43. The summed E-state index contributed by atoms with van der Waals surface area (Å²) in [6, 6.07) is 12.2. The second kappa shape index (κ2) is 8.55. The quantitative estimate of drug-likeness (QED) is 0.641. The minimum Gasteiger partial charge on any atom is -0.454 e. The van der Waals surface area contributed by atoms with Gasteiger partial charge in [0, 0.05) is 25.5 Å². The Morgan fingerprint density at radius 1 is 1.07 bits per heavy atom. The molecule has 0 saturated heterocycles. The van der Waals surface area contributed by atoms with Gasteiger partial charge in [-0.25, -0.2) is 14.4 Å². The largest absolute Gasteiger partial charge is 0.454 e. The predicted molar refractivity (Wildman–Crippen MR) is 104 cm³/mol. The van der Waals surface area contributed by atoms with E-state index in [1.54, 1.807) is 18.2 Å². The van der Waals surface area contributed by atoms with Crippen molar-refractivity contribution in [1.29, 1.82) is 0 Å². The molecule has 0 spiro atoms. The van der Waals surface area contributed by atoms with Crippen molar-refractivity contribution in [2.45, 2.75) is 13.0 Å². The molecule has 7 nitrogen and oxygen atoms in total. The van der Waals surface area contributed by atoms with Crippen LogP contribution in [0.2, 0.25) is 0 Å². The standard InChI is InChI=1S/C21H19FN4O3/c22-17-4-2-1-3-15(17)7-8-23-20(27)16-11-25-21(26-12-16)24-10-14-5-6-18-19(9-14)29-13-28-18/h1-6,9,11-12H,7-8,10,13H2,(H,23,27)(H,24,25,26). The average Bonchev–Trinajstić information content (AvgIpc) is 3.22. The van der Waals surface area contributed by atoms with Crippen molar-refractivity contribution in [1.82, 2.24) is 15.3 Å². The lowest BCUT2D eigenvalue weighted by molar-refractivity contribution is 0.0953. The van der Waals surface area contributed by atoms with Gasteiger partial charge < -0.3 is 20.1 Å². The van der Waals surface area contributed by atoms with E-state index in [0.717, 1.165) is 11.3 Å². The van der Waals surface area contributed by atoms with Crippen molar-refractivity contribution >= 4 is 11.9 Å². The second-order valence-corrected chi connectivity index (χ2v) is 6.43. The molecule has 2 aromatic carbocycles. The van der Waals surface area contributed by atoms with E-state index in [9.17, 15) is 9.18 Å². The number of hydrogen-bond donors (Lipinski definition) is 2. The van der Waals surface area contributed by atoms with Gasteiger partial charge >= 0.3 is 0 Å². The first-order valence-corrected chi connectivity index (χ1v) is 9.15. The van der Waals surface area contributed by atoms with Crippen molar-refractivity contribution in [2.24, 2.45) is 0 Å². The average molecular weight is 394 g/mol. The Labute approximate surface area is 166 Å². The fraction of sp³-hybridized carbons (Fsp3) is 0.190. The molecule has 29 heavy (non-hydrogen) atoms. The van der Waals surface area contributed by atoms with Gasteiger partial charge in [0.2, 0.25) is 12.7 Å². The SMILES string of the molecule is O=C(NCCc1ccccc1F)c1cnc(NCc2ccc3c(c2)OCO3)nc1. The minimum atomic E-state index is -0.302. The molecule has 8 heteroatoms. The number of aromatic nitrogens is 2. The van der Waals surface area contributed by atoms with Crippen molar-refractivity contribution in [3.63, 3.8) is 0 Å². The summed E-state index contributed by atoms with van der Waals surface area (Å²) in [5, 5.41) is 5.84. The molecule has 0 bridgehead atoms. The molecule has 1 aromatic heterocycles. The van der Waals surface area contributed by atoms with Gasteiger partial charge in [-0.3, -0.25) is 4.79 Å². The van der Waals surface area contributed by atoms with E-state index in [2.05, 4.69) is 20.6 Å². The predicted octanol–water partition coefficient (Wildman–Crippen LogP) is 2.93. The van der Waals surface area contributed by atoms with E-state index >= 15 is 0 Å². The number of nitrogens with zero attached hydrogens (tertiary/aromatic N) is 2. The summed E-state index contributed by atoms with van der Waals surface area (Å²) in [4.78, 5) is 20.5. The van der Waals surface area contributed by atoms with Crippen molar-refractivity contribution in [3.8, 4) is 11.5 Å². The van der Waals surface area contributed by atoms with Gasteiger partial charge in [0.25, 0.3) is 5.91 Å². The lowest BCUT2D eigenvalue weighted by Gasteiger charge is -2.08. The smallest absolute Gasteiger partial charge is 0.254 e. The maximum Gasteiger partial charge on any atom is 0.254 e. The summed E-state index contributed by atoms with van der Waals surface area (Å²) >= 11 is 0. The first-order valence-electron chi connectivity index (χ1n) is 9.15. The maximum atomic E-state index is 13.6. The molecule has 1 amide bonds. The van der Waals surface area contributed by atoms with E-state index in [0.29, 0.717) is 42.3 Å². The van der Waals surface area contributed by atoms with Crippen LogP contribution in [0.15, 0.2) is 54.9 Å². The number of nitrogens with one attached hydrogen (secondary N) is 2. The van der Waals surface area contributed by atoms with Crippen LogP contribution in [0.3, 0.4) is 0 Å². The topological polar surface area (TPSA) is 85.4 Å². The molecule has 0 radical (unpaired) electrons. The zero-order valence-electron chi connectivity index (χ0n) is 15.5. The highest BCUT2D eigenvalue weighted by molar-refractivity contribution is 5.93. The molecular formula is C21H19FN4O3. The van der Waals surface area contributed by atoms with Crippen LogP contribution in [0.5, 0.6) is 11.5 Å². The maximum absolute atomic E-state index is 13.6. The van der Waals surface area contributed by atoms with E-state index in [-0.39, 0.29) is 18.5 Å². The van der Waals surface area contributed by atoms with Gasteiger partial charge in [-0.2, -0.15) is 0 Å². The highest BCUT2D eigenvalue weighted by atomic mass is 19.1. The summed E-state index contributed by atoms with van der Waals surface area (Å²) in [5.41, 5.74) is 1.90. The molecule has 0 atom stereocenters. The highest BCUT2D eigenvalue weighted by Crippen LogP contribution is 2.32. The molecule has 2 N–H and O–H groups in total. The van der Waals surface area contributed by atoms with Gasteiger partial charge in [0.15, 0.2) is 11.5 Å². The van der Waals surface area contributed by atoms with E-state index in [1.807, 2.05) is 18.2 Å². The molecule has 148 valence electrons. The van der Waals surface area contributed by atoms with Crippen LogP contribution in [-0.4, -0.2) is 29.2 Å². The first kappa shape index (κ1) is 18.7. The van der Waals surface area contributed by atoms with Crippen molar-refractivity contribution in [3.05, 3.63) is 77.4 Å². The number of carbonyl (C=O) groups excluding carboxylic acids is 1. The number of rotatable bonds is 7. The Morgan fingerprint density at radius 3 is 2.69 bits per heavy atom. The summed E-state index contributed by atoms with van der Waals surface area (Å²) in [7, 11) is 0. The molecule has 2 heterocycles. The van der Waals surface area contributed by atoms with Gasteiger partial charge in [-0.1, -0.05) is 24.3 Å². The zero-order chi connectivity index (χ0) is 20.1. The van der Waals surface area contributed by atoms with Crippen LogP contribution < -0.4 is 20.1 Å². The Balaban J connectivity index is 1.27. The third-order valence-electron chi connectivity index (χ3n) is 4.44. The number of benzene rings is 2. The fourth-order valence-corrected chi connectivity index (χ4v) is 2.88. The number of carbonyl (C=O) groups is 1. The summed E-state index contributed by atoms with van der Waals surface area (Å²) in [6.45, 7) is 1.06. The Kier molecular flexibility index (Phi) is 5.51. The number of halogens is 1. The molecule has 0 aliphatic carbocycles. The van der Waals surface area contributed by atoms with Gasteiger partial charge in [-0.15, -0.1) is 0 Å². The molecule has 1 aliphatic heterocycles. The van der Waals surface area contributed by atoms with E-state index in [1.165, 1.54) is 18.5 Å². The summed E-state index contributed by atoms with van der Waals surface area (Å²) in [6.07, 6.45) is 3.31. The number of ether oxygens (including phenoxy) is 2. The highest BCUT2D eigenvalue weighted by Gasteiger charge is 2.13. The number of anilines is 1. The molecule has 4 rings (SSSR count). The number of fused-ring (bicyclic) bond motifs is 1. The summed E-state index contributed by atoms with van der Waals surface area (Å²) in [5.74, 6) is 1.28. The van der Waals surface area contributed by atoms with Crippen LogP contribution in [0.1, 0.15) is 21.5 Å². The third kappa shape index (κ3) is 4.60. The molecule has 0 unspecified atom stereocenters. The normalized spacial score (nSPS) is 11.9. The van der Waals surface area contributed by atoms with Crippen LogP contribution >= 0.6 is 0 Å². The summed E-state index contributed by atoms with van der Waals surface area (Å²) < 4.78 is 24.2. The molecular weight excluding hydrogens is 375 g/mol. The molecule has 3 aromatic rings. The van der Waals surface area contributed by atoms with E-state index < -0.39 is 0 Å². The lowest BCUT2D eigenvalue weighted by atomic mass is 10.1. The lowest BCUT2D eigenvalue weighted by Crippen LogP contribution is -2.26. The fourth-order valence-electron chi connectivity index (χ4n) is 2.88. The third-order valence-corrected chi connectivity index (χ3v) is 4.44. The Hall–Kier alpha value is -3.68. The van der Waals surface area contributed by atoms with Gasteiger partial charge in [-0.05, 0) is 35.7 Å². The molecule has 0 saturated carbocycles. The van der Waals surface area contributed by atoms with Crippen LogP contribution in [0.4, 0.5) is 10.3 Å². The van der Waals surface area contributed by atoms with Crippen LogP contribution in [0, 0.1) is 5.82 Å². The van der Waals surface area contributed by atoms with E-state index in [4.69, 9.17) is 9.47 Å². The van der Waals surface area contributed by atoms with Crippen LogP contribution in [0.25, 0.3) is 0 Å². The number of hydrogen-bond acceptors (Lipinski definition) is 6. The van der Waals surface area contributed by atoms with Crippen molar-refractivity contribution in [2.75, 3.05) is 18.7 Å². The van der Waals surface area contributed by atoms with Crippen LogP contribution in [-0.2, 0) is 13.0 Å². The number of amides is 1. The Morgan fingerprint density at radius 2 is 1.86 bits per heavy atom. The Bertz CT molecular complexity index is 1010. The molecule has 0 fully saturated rings. The zero-order valence-corrected chi connectivity index (χ0v) is 15.5. The van der Waals surface area contributed by atoms with Gasteiger partial charge in [0.1, 0.15) is 5.82 Å². The minimum absolute atomic E-state index is 0.235. The molecule has 1 aliphatic rings. The van der Waals surface area contributed by atoms with Gasteiger partial charge in [0.05, 0.1) is 5.56 Å². The van der Waals surface area contributed by atoms with Crippen molar-refractivity contribution < 1.29 is 18.7 Å².